The molecular weight excluding hydrogens is 220 g/mol. The second-order valence-electron chi connectivity index (χ2n) is 3.77. The van der Waals surface area contributed by atoms with E-state index in [-0.39, 0.29) is 0 Å². The fourth-order valence-corrected chi connectivity index (χ4v) is 6.66. The molecule has 1 nitrogen and oxygen atoms in total. The van der Waals surface area contributed by atoms with Gasteiger partial charge in [0.25, 0.3) is 0 Å². The summed E-state index contributed by atoms with van der Waals surface area (Å²) in [6.07, 6.45) is 1.14. The maximum absolute atomic E-state index is 5.70. The first-order valence-electron chi connectivity index (χ1n) is 4.77. The van der Waals surface area contributed by atoms with Crippen molar-refractivity contribution in [1.82, 2.24) is 0 Å². The zero-order chi connectivity index (χ0) is 9.15. The highest BCUT2D eigenvalue weighted by molar-refractivity contribution is 8.33. The van der Waals surface area contributed by atoms with Gasteiger partial charge in [0.05, 0.1) is 10.5 Å². The van der Waals surface area contributed by atoms with Gasteiger partial charge in [0.1, 0.15) is 0 Å². The van der Waals surface area contributed by atoms with Crippen molar-refractivity contribution in [3.8, 4) is 0 Å². The van der Waals surface area contributed by atoms with Gasteiger partial charge in [-0.1, -0.05) is 6.92 Å². The van der Waals surface area contributed by atoms with Crippen molar-refractivity contribution in [3.05, 3.63) is 0 Å². The van der Waals surface area contributed by atoms with Crippen LogP contribution in [-0.4, -0.2) is 34.4 Å². The second-order valence-corrected chi connectivity index (χ2v) is 7.95. The average Bonchev–Trinajstić information content (AvgIpc) is 2.21. The van der Waals surface area contributed by atoms with Crippen molar-refractivity contribution < 1.29 is 4.74 Å². The summed E-state index contributed by atoms with van der Waals surface area (Å²) in [7, 11) is 0. The van der Waals surface area contributed by atoms with Crippen molar-refractivity contribution in [2.75, 3.05) is 30.5 Å². The van der Waals surface area contributed by atoms with E-state index in [0.29, 0.717) is 5.41 Å². The molecule has 3 aliphatic heterocycles. The van der Waals surface area contributed by atoms with Crippen LogP contribution in [0.3, 0.4) is 0 Å². The third kappa shape index (κ3) is 2.52. The summed E-state index contributed by atoms with van der Waals surface area (Å²) in [4.78, 5) is 0. The maximum Gasteiger partial charge on any atom is 0.0956 e. The smallest absolute Gasteiger partial charge is 0.0956 e. The number of hydrogen-bond donors (Lipinski definition) is 0. The molecule has 3 fully saturated rings. The van der Waals surface area contributed by atoms with Gasteiger partial charge in [-0.2, -0.15) is 0 Å². The van der Waals surface area contributed by atoms with E-state index in [1.807, 2.05) is 0 Å². The lowest BCUT2D eigenvalue weighted by atomic mass is 9.97. The fraction of sp³-hybridized carbons (Fsp3) is 1.00. The Kier molecular flexibility index (Phi) is 3.79. The normalized spacial score (nSPS) is 38.1. The Balaban J connectivity index is 1.81. The van der Waals surface area contributed by atoms with Crippen LogP contribution < -0.4 is 0 Å². The van der Waals surface area contributed by atoms with E-state index in [9.17, 15) is 0 Å². The van der Waals surface area contributed by atoms with Gasteiger partial charge in [0, 0.05) is 29.3 Å². The topological polar surface area (TPSA) is 9.23 Å². The van der Waals surface area contributed by atoms with Gasteiger partial charge in [0.2, 0.25) is 0 Å². The predicted molar refractivity (Wildman–Crippen MR) is 64.7 cm³/mol. The molecular formula is C9H16OS3. The summed E-state index contributed by atoms with van der Waals surface area (Å²) in [6, 6.07) is 0. The molecule has 4 heteroatoms. The number of ether oxygens (including phenoxy) is 1. The van der Waals surface area contributed by atoms with Gasteiger partial charge in [-0.15, -0.1) is 35.3 Å². The molecule has 0 N–H and O–H groups in total. The molecule has 0 atom stereocenters. The third-order valence-corrected chi connectivity index (χ3v) is 7.94. The van der Waals surface area contributed by atoms with Crippen molar-refractivity contribution in [3.63, 3.8) is 0 Å². The van der Waals surface area contributed by atoms with Gasteiger partial charge in [-0.25, -0.2) is 0 Å². The zero-order valence-electron chi connectivity index (χ0n) is 7.95. The molecule has 3 rings (SSSR count). The summed E-state index contributed by atoms with van der Waals surface area (Å²) in [5.41, 5.74) is 0.504. The van der Waals surface area contributed by atoms with Crippen molar-refractivity contribution in [1.29, 1.82) is 0 Å². The minimum Gasteiger partial charge on any atom is -0.381 e. The minimum atomic E-state index is 0.504. The SMILES string of the molecule is CCCOCC12CSC(SC1)SC2. The van der Waals surface area contributed by atoms with Gasteiger partial charge in [0.15, 0.2) is 0 Å². The Bertz CT molecular complexity index is 152. The molecule has 0 spiro atoms. The standard InChI is InChI=1S/C9H16OS3/c1-2-3-10-4-9-5-11-8(12-6-9)13-7-9/h8H,2-7H2,1H3. The molecule has 0 radical (unpaired) electrons. The average molecular weight is 236 g/mol. The quantitative estimate of drug-likeness (QED) is 0.694. The fourth-order valence-electron chi connectivity index (χ4n) is 1.56. The molecule has 0 unspecified atom stereocenters. The Morgan fingerprint density at radius 1 is 1.23 bits per heavy atom. The molecule has 76 valence electrons. The first-order chi connectivity index (χ1) is 6.35. The Morgan fingerprint density at radius 3 is 2.38 bits per heavy atom. The molecule has 0 aromatic rings. The predicted octanol–water partition coefficient (Wildman–Crippen LogP) is 2.91. The lowest BCUT2D eigenvalue weighted by Gasteiger charge is -2.44. The minimum absolute atomic E-state index is 0.504. The first kappa shape index (κ1) is 10.5. The molecule has 3 heterocycles. The van der Waals surface area contributed by atoms with E-state index < -0.39 is 0 Å². The van der Waals surface area contributed by atoms with E-state index in [2.05, 4.69) is 42.2 Å². The zero-order valence-corrected chi connectivity index (χ0v) is 10.4. The van der Waals surface area contributed by atoms with E-state index in [0.717, 1.165) is 23.5 Å². The molecule has 3 saturated heterocycles. The highest BCUT2D eigenvalue weighted by Crippen LogP contribution is 2.53. The van der Waals surface area contributed by atoms with Crippen LogP contribution >= 0.6 is 35.3 Å². The second kappa shape index (κ2) is 4.69. The summed E-state index contributed by atoms with van der Waals surface area (Å²) >= 11 is 6.35. The molecule has 0 aromatic carbocycles. The van der Waals surface area contributed by atoms with Gasteiger partial charge >= 0.3 is 0 Å². The molecule has 13 heavy (non-hydrogen) atoms. The molecule has 0 amide bonds. The number of thioether (sulfide) groups is 3. The number of rotatable bonds is 4. The van der Waals surface area contributed by atoms with Crippen molar-refractivity contribution in [2.45, 2.75) is 17.3 Å². The van der Waals surface area contributed by atoms with Crippen LogP contribution in [0, 0.1) is 5.41 Å². The van der Waals surface area contributed by atoms with E-state index >= 15 is 0 Å². The van der Waals surface area contributed by atoms with E-state index in [4.69, 9.17) is 4.74 Å². The summed E-state index contributed by atoms with van der Waals surface area (Å²) in [5, 5.41) is 0. The van der Waals surface area contributed by atoms with Crippen LogP contribution in [0.25, 0.3) is 0 Å². The van der Waals surface area contributed by atoms with E-state index in [1.165, 1.54) is 17.3 Å². The molecule has 0 aromatic heterocycles. The Hall–Kier alpha value is 1.01. The lowest BCUT2D eigenvalue weighted by Crippen LogP contribution is -2.43. The van der Waals surface area contributed by atoms with Crippen LogP contribution in [0.15, 0.2) is 0 Å². The van der Waals surface area contributed by atoms with Crippen molar-refractivity contribution in [2.24, 2.45) is 5.41 Å². The third-order valence-electron chi connectivity index (χ3n) is 2.33. The van der Waals surface area contributed by atoms with Crippen LogP contribution in [-0.2, 0) is 4.74 Å². The van der Waals surface area contributed by atoms with Crippen LogP contribution in [0.2, 0.25) is 0 Å². The molecule has 0 saturated carbocycles. The number of fused-ring (bicyclic) bond motifs is 3. The molecule has 2 bridgehead atoms. The monoisotopic (exact) mass is 236 g/mol. The van der Waals surface area contributed by atoms with Crippen LogP contribution in [0.4, 0.5) is 0 Å². The molecule has 0 aliphatic carbocycles. The summed E-state index contributed by atoms with van der Waals surface area (Å²) in [6.45, 7) is 4.10. The first-order valence-corrected chi connectivity index (χ1v) is 7.92. The van der Waals surface area contributed by atoms with Gasteiger partial charge in [-0.05, 0) is 6.42 Å². The highest BCUT2D eigenvalue weighted by Gasteiger charge is 2.42. The van der Waals surface area contributed by atoms with Crippen LogP contribution in [0.1, 0.15) is 13.3 Å². The summed E-state index contributed by atoms with van der Waals surface area (Å²) < 4.78 is 6.53. The highest BCUT2D eigenvalue weighted by atomic mass is 32.3. The summed E-state index contributed by atoms with van der Waals surface area (Å²) in [5.74, 6) is 3.96. The largest absolute Gasteiger partial charge is 0.381 e. The maximum atomic E-state index is 5.70. The molecule has 3 aliphatic rings. The Morgan fingerprint density at radius 2 is 1.85 bits per heavy atom. The van der Waals surface area contributed by atoms with E-state index in [1.54, 1.807) is 0 Å². The van der Waals surface area contributed by atoms with Gasteiger partial charge in [-0.3, -0.25) is 0 Å². The van der Waals surface area contributed by atoms with Gasteiger partial charge < -0.3 is 4.74 Å². The van der Waals surface area contributed by atoms with Crippen LogP contribution in [0.5, 0.6) is 0 Å². The van der Waals surface area contributed by atoms with Crippen molar-refractivity contribution >= 4 is 35.3 Å². The number of hydrogen-bond acceptors (Lipinski definition) is 4. The lowest BCUT2D eigenvalue weighted by molar-refractivity contribution is 0.0773. The Labute approximate surface area is 93.1 Å².